The summed E-state index contributed by atoms with van der Waals surface area (Å²) in [5, 5.41) is 7.24. The molecule has 3 fully saturated rings. The van der Waals surface area contributed by atoms with Gasteiger partial charge in [0.25, 0.3) is 0 Å². The fraction of sp³-hybridized carbons (Fsp3) is 0.750. The normalized spacial score (nSPS) is 29.5. The Labute approximate surface area is 141 Å². The van der Waals surface area contributed by atoms with Crippen molar-refractivity contribution >= 4 is 11.9 Å². The Morgan fingerprint density at radius 3 is 2.79 bits per heavy atom. The topological polar surface area (TPSA) is 83.4 Å². The maximum absolute atomic E-state index is 12.3. The standard InChI is InChI=1S/C16H24N6O2/c1-11(23)22-14(8-21-10-17-9-18-21)6-12-7-20(5-4-15(12)22)16(24)19-13-2-3-13/h9-10,12-15H,2-8H2,1H3,(H,19,24)/t12-,14+,15+/m0/s1. The van der Waals surface area contributed by atoms with Gasteiger partial charge in [-0.25, -0.2) is 9.78 Å². The molecule has 0 spiro atoms. The lowest BCUT2D eigenvalue weighted by molar-refractivity contribution is -0.132. The molecule has 3 heterocycles. The molecule has 3 amide bonds. The smallest absolute Gasteiger partial charge is 0.317 e. The molecule has 0 bridgehead atoms. The Bertz CT molecular complexity index is 614. The first-order valence-corrected chi connectivity index (χ1v) is 8.78. The highest BCUT2D eigenvalue weighted by molar-refractivity contribution is 5.76. The van der Waals surface area contributed by atoms with Gasteiger partial charge in [-0.3, -0.25) is 9.48 Å². The average Bonchev–Trinajstić information content (AvgIpc) is 3.08. The van der Waals surface area contributed by atoms with Gasteiger partial charge in [-0.05, 0) is 31.6 Å². The van der Waals surface area contributed by atoms with Crippen molar-refractivity contribution in [3.8, 4) is 0 Å². The van der Waals surface area contributed by atoms with Gasteiger partial charge >= 0.3 is 6.03 Å². The van der Waals surface area contributed by atoms with Crippen LogP contribution in [0.1, 0.15) is 32.6 Å². The maximum atomic E-state index is 12.3. The molecule has 2 saturated heterocycles. The number of nitrogens with one attached hydrogen (secondary N) is 1. The first-order chi connectivity index (χ1) is 11.6. The maximum Gasteiger partial charge on any atom is 0.317 e. The molecule has 2 aliphatic heterocycles. The Morgan fingerprint density at radius 1 is 1.29 bits per heavy atom. The van der Waals surface area contributed by atoms with Crippen molar-refractivity contribution in [1.29, 1.82) is 0 Å². The molecule has 1 aromatic heterocycles. The van der Waals surface area contributed by atoms with Gasteiger partial charge in [-0.1, -0.05) is 0 Å². The van der Waals surface area contributed by atoms with E-state index in [0.717, 1.165) is 38.8 Å². The fourth-order valence-corrected chi connectivity index (χ4v) is 4.23. The van der Waals surface area contributed by atoms with Crippen LogP contribution >= 0.6 is 0 Å². The van der Waals surface area contributed by atoms with E-state index in [1.165, 1.54) is 6.33 Å². The second-order valence-corrected chi connectivity index (χ2v) is 7.22. The first kappa shape index (κ1) is 15.4. The third-order valence-corrected chi connectivity index (χ3v) is 5.44. The number of piperidine rings is 1. The number of carbonyl (C=O) groups is 2. The summed E-state index contributed by atoms with van der Waals surface area (Å²) in [4.78, 5) is 32.4. The lowest BCUT2D eigenvalue weighted by Crippen LogP contribution is -2.52. The number of aromatic nitrogens is 3. The van der Waals surface area contributed by atoms with E-state index in [4.69, 9.17) is 0 Å². The van der Waals surface area contributed by atoms with Crippen LogP contribution in [0.15, 0.2) is 12.7 Å². The predicted octanol–water partition coefficient (Wildman–Crippen LogP) is 0.461. The van der Waals surface area contributed by atoms with Gasteiger partial charge in [-0.15, -0.1) is 0 Å². The van der Waals surface area contributed by atoms with E-state index in [1.807, 2.05) is 9.80 Å². The van der Waals surface area contributed by atoms with Crippen LogP contribution in [0.2, 0.25) is 0 Å². The summed E-state index contributed by atoms with van der Waals surface area (Å²) in [5.41, 5.74) is 0. The minimum Gasteiger partial charge on any atom is -0.335 e. The largest absolute Gasteiger partial charge is 0.335 e. The zero-order chi connectivity index (χ0) is 16.7. The number of likely N-dealkylation sites (tertiary alicyclic amines) is 2. The minimum atomic E-state index is 0.0602. The molecular formula is C16H24N6O2. The quantitative estimate of drug-likeness (QED) is 0.872. The van der Waals surface area contributed by atoms with Gasteiger partial charge < -0.3 is 15.1 Å². The van der Waals surface area contributed by atoms with Gasteiger partial charge in [0.2, 0.25) is 5.91 Å². The first-order valence-electron chi connectivity index (χ1n) is 8.78. The summed E-state index contributed by atoms with van der Waals surface area (Å²) < 4.78 is 1.79. The van der Waals surface area contributed by atoms with E-state index < -0.39 is 0 Å². The second-order valence-electron chi connectivity index (χ2n) is 7.22. The van der Waals surface area contributed by atoms with Crippen molar-refractivity contribution in [2.24, 2.45) is 5.92 Å². The molecule has 130 valence electrons. The lowest BCUT2D eigenvalue weighted by atomic mass is 9.92. The molecule has 1 N–H and O–H groups in total. The number of rotatable bonds is 3. The molecule has 1 aromatic rings. The van der Waals surface area contributed by atoms with Crippen LogP contribution in [0.25, 0.3) is 0 Å². The van der Waals surface area contributed by atoms with E-state index in [1.54, 1.807) is 17.9 Å². The van der Waals surface area contributed by atoms with E-state index in [9.17, 15) is 9.59 Å². The van der Waals surface area contributed by atoms with Crippen LogP contribution in [-0.2, 0) is 11.3 Å². The van der Waals surface area contributed by atoms with Crippen molar-refractivity contribution in [3.05, 3.63) is 12.7 Å². The van der Waals surface area contributed by atoms with Crippen LogP contribution < -0.4 is 5.32 Å². The number of amides is 3. The lowest BCUT2D eigenvalue weighted by Gasteiger charge is -2.38. The summed E-state index contributed by atoms with van der Waals surface area (Å²) in [5.74, 6) is 0.463. The Morgan fingerprint density at radius 2 is 2.12 bits per heavy atom. The summed E-state index contributed by atoms with van der Waals surface area (Å²) in [7, 11) is 0. The number of carbonyl (C=O) groups excluding carboxylic acids is 2. The third-order valence-electron chi connectivity index (χ3n) is 5.44. The van der Waals surface area contributed by atoms with Crippen molar-refractivity contribution in [1.82, 2.24) is 29.9 Å². The third kappa shape index (κ3) is 2.97. The molecule has 0 aromatic carbocycles. The predicted molar refractivity (Wildman–Crippen MR) is 86.0 cm³/mol. The summed E-state index contributed by atoms with van der Waals surface area (Å²) in [6, 6.07) is 0.810. The Hall–Kier alpha value is -2.12. The van der Waals surface area contributed by atoms with Crippen LogP contribution in [-0.4, -0.2) is 67.7 Å². The van der Waals surface area contributed by atoms with Crippen molar-refractivity contribution in [2.75, 3.05) is 13.1 Å². The van der Waals surface area contributed by atoms with Crippen LogP contribution in [0.4, 0.5) is 4.79 Å². The van der Waals surface area contributed by atoms with Gasteiger partial charge in [-0.2, -0.15) is 5.10 Å². The molecule has 4 rings (SSSR count). The zero-order valence-electron chi connectivity index (χ0n) is 14.0. The van der Waals surface area contributed by atoms with E-state index in [0.29, 0.717) is 18.5 Å². The van der Waals surface area contributed by atoms with E-state index >= 15 is 0 Å². The van der Waals surface area contributed by atoms with Gasteiger partial charge in [0.15, 0.2) is 0 Å². The highest BCUT2D eigenvalue weighted by atomic mass is 16.2. The molecule has 1 saturated carbocycles. The molecule has 1 aliphatic carbocycles. The molecule has 8 nitrogen and oxygen atoms in total. The zero-order valence-corrected chi connectivity index (χ0v) is 14.0. The van der Waals surface area contributed by atoms with Crippen molar-refractivity contribution in [3.63, 3.8) is 0 Å². The minimum absolute atomic E-state index is 0.0602. The Balaban J connectivity index is 1.44. The number of hydrogen-bond acceptors (Lipinski definition) is 4. The highest BCUT2D eigenvalue weighted by Crippen LogP contribution is 2.36. The van der Waals surface area contributed by atoms with E-state index in [2.05, 4.69) is 15.4 Å². The van der Waals surface area contributed by atoms with Gasteiger partial charge in [0.1, 0.15) is 12.7 Å². The number of hydrogen-bond donors (Lipinski definition) is 1. The van der Waals surface area contributed by atoms with Gasteiger partial charge in [0, 0.05) is 32.1 Å². The highest BCUT2D eigenvalue weighted by Gasteiger charge is 2.46. The molecule has 24 heavy (non-hydrogen) atoms. The molecule has 0 unspecified atom stereocenters. The summed E-state index contributed by atoms with van der Waals surface area (Å²) in [6.07, 6.45) is 7.18. The monoisotopic (exact) mass is 332 g/mol. The number of urea groups is 1. The van der Waals surface area contributed by atoms with Gasteiger partial charge in [0.05, 0.1) is 12.6 Å². The SMILES string of the molecule is CC(=O)N1[C@@H](Cn2cncn2)C[C@H]2CN(C(=O)NC3CC3)CC[C@H]21. The van der Waals surface area contributed by atoms with Crippen LogP contribution in [0, 0.1) is 5.92 Å². The number of nitrogens with zero attached hydrogens (tertiary/aromatic N) is 5. The average molecular weight is 332 g/mol. The van der Waals surface area contributed by atoms with Crippen molar-refractivity contribution in [2.45, 2.75) is 57.3 Å². The number of fused-ring (bicyclic) bond motifs is 1. The fourth-order valence-electron chi connectivity index (χ4n) is 4.23. The summed E-state index contributed by atoms with van der Waals surface area (Å²) >= 11 is 0. The molecule has 3 atom stereocenters. The molecule has 0 radical (unpaired) electrons. The molecule has 8 heteroatoms. The van der Waals surface area contributed by atoms with Crippen LogP contribution in [0.3, 0.4) is 0 Å². The van der Waals surface area contributed by atoms with Crippen molar-refractivity contribution < 1.29 is 9.59 Å². The molecular weight excluding hydrogens is 308 g/mol. The van der Waals surface area contributed by atoms with E-state index in [-0.39, 0.29) is 24.0 Å². The Kier molecular flexibility index (Phi) is 3.90. The summed E-state index contributed by atoms with van der Waals surface area (Å²) in [6.45, 7) is 3.77. The second kappa shape index (κ2) is 6.07. The molecule has 3 aliphatic rings. The van der Waals surface area contributed by atoms with Crippen LogP contribution in [0.5, 0.6) is 0 Å².